The van der Waals surface area contributed by atoms with Crippen LogP contribution in [0.25, 0.3) is 0 Å². The molecule has 0 bridgehead atoms. The van der Waals surface area contributed by atoms with Gasteiger partial charge in [0, 0.05) is 18.7 Å². The number of hydrogen-bond donors (Lipinski definition) is 1. The van der Waals surface area contributed by atoms with Gasteiger partial charge in [-0.3, -0.25) is 0 Å². The Morgan fingerprint density at radius 3 is 2.81 bits per heavy atom. The maximum absolute atomic E-state index is 13.4. The van der Waals surface area contributed by atoms with Crippen molar-refractivity contribution in [2.75, 3.05) is 6.61 Å². The molecule has 1 aromatic rings. The number of ether oxygens (including phenoxy) is 1. The van der Waals surface area contributed by atoms with Crippen LogP contribution in [0.4, 0.5) is 4.39 Å². The van der Waals surface area contributed by atoms with E-state index in [4.69, 9.17) is 10.5 Å². The molecule has 0 radical (unpaired) electrons. The number of hydrogen-bond acceptors (Lipinski definition) is 2. The van der Waals surface area contributed by atoms with Crippen molar-refractivity contribution in [1.82, 2.24) is 0 Å². The van der Waals surface area contributed by atoms with Crippen LogP contribution < -0.4 is 5.73 Å². The predicted molar refractivity (Wildman–Crippen MR) is 63.5 cm³/mol. The van der Waals surface area contributed by atoms with E-state index in [2.05, 4.69) is 6.92 Å². The van der Waals surface area contributed by atoms with Gasteiger partial charge in [-0.2, -0.15) is 0 Å². The van der Waals surface area contributed by atoms with Gasteiger partial charge in [0.2, 0.25) is 0 Å². The molecule has 0 heterocycles. The molecule has 90 valence electrons. The SMILES string of the molecule is CCCCCOCc1cc(CN)ccc1F. The zero-order chi connectivity index (χ0) is 11.8. The van der Waals surface area contributed by atoms with Crippen LogP contribution in [0.2, 0.25) is 0 Å². The second-order valence-corrected chi connectivity index (χ2v) is 3.89. The number of nitrogens with two attached hydrogens (primary N) is 1. The molecule has 0 spiro atoms. The minimum Gasteiger partial charge on any atom is -0.377 e. The van der Waals surface area contributed by atoms with E-state index in [0.717, 1.165) is 18.4 Å². The molecule has 0 aliphatic heterocycles. The van der Waals surface area contributed by atoms with E-state index in [1.165, 1.54) is 12.5 Å². The Balaban J connectivity index is 2.40. The zero-order valence-corrected chi connectivity index (χ0v) is 9.84. The lowest BCUT2D eigenvalue weighted by atomic mass is 10.1. The second-order valence-electron chi connectivity index (χ2n) is 3.89. The molecule has 0 amide bonds. The van der Waals surface area contributed by atoms with Crippen LogP contribution in [-0.2, 0) is 17.9 Å². The van der Waals surface area contributed by atoms with Crippen molar-refractivity contribution in [1.29, 1.82) is 0 Å². The number of rotatable bonds is 7. The topological polar surface area (TPSA) is 35.2 Å². The highest BCUT2D eigenvalue weighted by molar-refractivity contribution is 5.24. The van der Waals surface area contributed by atoms with E-state index < -0.39 is 0 Å². The molecule has 0 unspecified atom stereocenters. The van der Waals surface area contributed by atoms with Crippen molar-refractivity contribution in [2.45, 2.75) is 39.3 Å². The first-order chi connectivity index (χ1) is 7.77. The fraction of sp³-hybridized carbons (Fsp3) is 0.538. The average Bonchev–Trinajstić information content (AvgIpc) is 2.31. The standard InChI is InChI=1S/C13H20FNO/c1-2-3-4-7-16-10-12-8-11(9-15)5-6-13(12)14/h5-6,8H,2-4,7,9-10,15H2,1H3. The molecule has 16 heavy (non-hydrogen) atoms. The molecular formula is C13H20FNO. The maximum atomic E-state index is 13.4. The molecule has 0 fully saturated rings. The monoisotopic (exact) mass is 225 g/mol. The molecule has 0 saturated carbocycles. The van der Waals surface area contributed by atoms with E-state index in [1.807, 2.05) is 0 Å². The third-order valence-corrected chi connectivity index (χ3v) is 2.50. The summed E-state index contributed by atoms with van der Waals surface area (Å²) in [6, 6.07) is 4.93. The third kappa shape index (κ3) is 4.29. The van der Waals surface area contributed by atoms with Gasteiger partial charge < -0.3 is 10.5 Å². The molecule has 2 N–H and O–H groups in total. The molecule has 0 aliphatic rings. The molecule has 0 saturated heterocycles. The van der Waals surface area contributed by atoms with Gasteiger partial charge >= 0.3 is 0 Å². The largest absolute Gasteiger partial charge is 0.377 e. The van der Waals surface area contributed by atoms with Crippen LogP contribution in [-0.4, -0.2) is 6.61 Å². The summed E-state index contributed by atoms with van der Waals surface area (Å²) in [6.45, 7) is 3.61. The van der Waals surface area contributed by atoms with Gasteiger partial charge in [-0.25, -0.2) is 4.39 Å². The summed E-state index contributed by atoms with van der Waals surface area (Å²) in [5.74, 6) is -0.215. The van der Waals surface area contributed by atoms with E-state index in [-0.39, 0.29) is 5.82 Å². The molecular weight excluding hydrogens is 205 g/mol. The second kappa shape index (κ2) is 7.36. The highest BCUT2D eigenvalue weighted by atomic mass is 19.1. The lowest BCUT2D eigenvalue weighted by Crippen LogP contribution is -2.02. The quantitative estimate of drug-likeness (QED) is 0.724. The Kier molecular flexibility index (Phi) is 6.04. The smallest absolute Gasteiger partial charge is 0.128 e. The van der Waals surface area contributed by atoms with Crippen molar-refractivity contribution < 1.29 is 9.13 Å². The maximum Gasteiger partial charge on any atom is 0.128 e. The van der Waals surface area contributed by atoms with Crippen LogP contribution in [0.15, 0.2) is 18.2 Å². The zero-order valence-electron chi connectivity index (χ0n) is 9.84. The molecule has 0 aromatic heterocycles. The highest BCUT2D eigenvalue weighted by Gasteiger charge is 2.03. The minimum atomic E-state index is -0.215. The summed E-state index contributed by atoms with van der Waals surface area (Å²) in [5, 5.41) is 0. The van der Waals surface area contributed by atoms with E-state index in [0.29, 0.717) is 25.3 Å². The minimum absolute atomic E-state index is 0.215. The van der Waals surface area contributed by atoms with Gasteiger partial charge in [-0.15, -0.1) is 0 Å². The van der Waals surface area contributed by atoms with Gasteiger partial charge in [-0.05, 0) is 24.1 Å². The van der Waals surface area contributed by atoms with Crippen molar-refractivity contribution in [2.24, 2.45) is 5.73 Å². The fourth-order valence-electron chi connectivity index (χ4n) is 1.50. The molecule has 0 atom stereocenters. The van der Waals surface area contributed by atoms with Gasteiger partial charge in [0.1, 0.15) is 5.82 Å². The summed E-state index contributed by atoms with van der Waals surface area (Å²) in [4.78, 5) is 0. The van der Waals surface area contributed by atoms with Crippen molar-refractivity contribution in [3.8, 4) is 0 Å². The molecule has 0 aliphatic carbocycles. The first kappa shape index (κ1) is 13.1. The number of benzene rings is 1. The first-order valence-corrected chi connectivity index (χ1v) is 5.83. The van der Waals surface area contributed by atoms with Crippen LogP contribution >= 0.6 is 0 Å². The van der Waals surface area contributed by atoms with Crippen LogP contribution in [0.5, 0.6) is 0 Å². The summed E-state index contributed by atoms with van der Waals surface area (Å²) in [7, 11) is 0. The lowest BCUT2D eigenvalue weighted by molar-refractivity contribution is 0.114. The summed E-state index contributed by atoms with van der Waals surface area (Å²) in [5.41, 5.74) is 7.04. The summed E-state index contributed by atoms with van der Waals surface area (Å²) >= 11 is 0. The number of unbranched alkanes of at least 4 members (excludes halogenated alkanes) is 2. The Morgan fingerprint density at radius 2 is 2.12 bits per heavy atom. The fourth-order valence-corrected chi connectivity index (χ4v) is 1.50. The molecule has 1 aromatic carbocycles. The third-order valence-electron chi connectivity index (χ3n) is 2.50. The Bertz CT molecular complexity index is 315. The van der Waals surface area contributed by atoms with E-state index in [1.54, 1.807) is 12.1 Å². The van der Waals surface area contributed by atoms with Gasteiger partial charge in [-0.1, -0.05) is 25.8 Å². The Hall–Kier alpha value is -0.930. The van der Waals surface area contributed by atoms with Gasteiger partial charge in [0.05, 0.1) is 6.61 Å². The van der Waals surface area contributed by atoms with Crippen LogP contribution in [0.1, 0.15) is 37.3 Å². The van der Waals surface area contributed by atoms with E-state index in [9.17, 15) is 4.39 Å². The summed E-state index contributed by atoms with van der Waals surface area (Å²) < 4.78 is 18.8. The van der Waals surface area contributed by atoms with Gasteiger partial charge in [0.25, 0.3) is 0 Å². The molecule has 3 heteroatoms. The predicted octanol–water partition coefficient (Wildman–Crippen LogP) is 2.99. The lowest BCUT2D eigenvalue weighted by Gasteiger charge is -2.07. The molecule has 1 rings (SSSR count). The number of halogens is 1. The first-order valence-electron chi connectivity index (χ1n) is 5.83. The van der Waals surface area contributed by atoms with Crippen molar-refractivity contribution in [3.63, 3.8) is 0 Å². The summed E-state index contributed by atoms with van der Waals surface area (Å²) in [6.07, 6.45) is 3.36. The highest BCUT2D eigenvalue weighted by Crippen LogP contribution is 2.11. The van der Waals surface area contributed by atoms with Crippen LogP contribution in [0.3, 0.4) is 0 Å². The molecule has 2 nitrogen and oxygen atoms in total. The van der Waals surface area contributed by atoms with Crippen LogP contribution in [0, 0.1) is 5.82 Å². The van der Waals surface area contributed by atoms with Gasteiger partial charge in [0.15, 0.2) is 0 Å². The van der Waals surface area contributed by atoms with Crippen molar-refractivity contribution >= 4 is 0 Å². The normalized spacial score (nSPS) is 10.7. The average molecular weight is 225 g/mol. The Labute approximate surface area is 96.6 Å². The van der Waals surface area contributed by atoms with Crippen molar-refractivity contribution in [3.05, 3.63) is 35.1 Å². The Morgan fingerprint density at radius 1 is 1.31 bits per heavy atom. The van der Waals surface area contributed by atoms with E-state index >= 15 is 0 Å².